The summed E-state index contributed by atoms with van der Waals surface area (Å²) >= 11 is 0. The zero-order chi connectivity index (χ0) is 2.00. The van der Waals surface area contributed by atoms with Crippen LogP contribution in [0.5, 0.6) is 0 Å². The molecule has 0 N–H and O–H groups in total. The fraction of sp³-hybridized carbons (Fsp3) is 0.929. The number of hydrogen-bond donors (Lipinski definition) is 0. The minimum Gasteiger partial charge on any atom is -0.358 e. The van der Waals surface area contributed by atoms with Crippen LogP contribution in [-0.4, -0.2) is 1.45 Å². The van der Waals surface area contributed by atoms with Crippen molar-refractivity contribution in [3.8, 4) is 0 Å². The summed E-state index contributed by atoms with van der Waals surface area (Å²) < 4.78 is 13.0. The third-order valence-electron chi connectivity index (χ3n) is 0. The molecular weight excluding hydrogens is 707 g/mol. The second-order valence-corrected chi connectivity index (χ2v) is 0. The van der Waals surface area contributed by atoms with E-state index in [1.54, 1.807) is 0 Å². The molecule has 25 heavy (non-hydrogen) atoms. The van der Waals surface area contributed by atoms with E-state index >= 15 is 0 Å². The Labute approximate surface area is 189 Å². The van der Waals surface area contributed by atoms with E-state index in [4.69, 9.17) is 4.72 Å². The molecule has 0 nitrogen and oxygen atoms in total. The first-order valence-corrected chi connectivity index (χ1v) is 0. The molecule has 0 aliphatic rings. The summed E-state index contributed by atoms with van der Waals surface area (Å²) in [4.78, 5) is 0. The van der Waals surface area contributed by atoms with Gasteiger partial charge in [-0.2, -0.15) is 0 Å². The van der Waals surface area contributed by atoms with Crippen LogP contribution >= 0.6 is 0 Å². The van der Waals surface area contributed by atoms with Crippen molar-refractivity contribution in [1.82, 2.24) is 0 Å². The van der Waals surface area contributed by atoms with Gasteiger partial charge in [0, 0.05) is 42.1 Å². The molecule has 0 heterocycles. The van der Waals surface area contributed by atoms with Crippen LogP contribution in [0.15, 0.2) is 0 Å². The molecule has 0 aliphatic heterocycles. The predicted octanol–water partition coefficient (Wildman–Crippen LogP) is 10.1. The predicted molar refractivity (Wildman–Crippen MR) is 116 cm³/mol. The van der Waals surface area contributed by atoms with E-state index in [0.29, 0.717) is 0 Å². The molecule has 0 bridgehead atoms. The van der Waals surface area contributed by atoms with Gasteiger partial charge in [-0.3, -0.25) is 42.4 Å². The molecule has 0 aromatic rings. The van der Waals surface area contributed by atoms with Gasteiger partial charge in [0.15, 0.2) is 0 Å². The minimum absolute atomic E-state index is 0. The molecule has 0 amide bonds. The maximum Gasteiger partial charge on any atom is 0.269 e. The Morgan fingerprint density at radius 3 is 0.240 bits per heavy atom. The summed E-state index contributed by atoms with van der Waals surface area (Å²) in [7, 11) is 0. The van der Waals surface area contributed by atoms with Crippen LogP contribution in [0.4, 0.5) is 42.4 Å². The SMILES string of the molecule is C.C.C.C.C.C.C.C.C.C.C.C.C.F.F.F.F.F.F.F.F.[2H]F.[CH3-].[W].[W]. The van der Waals surface area contributed by atoms with Crippen molar-refractivity contribution in [2.75, 3.05) is 0 Å². The van der Waals surface area contributed by atoms with Gasteiger partial charge in [0.1, 0.15) is 0 Å². The summed E-state index contributed by atoms with van der Waals surface area (Å²) in [6.45, 7) is 0. The maximum absolute atomic E-state index is 8.75. The average molecular weight is 772 g/mol. The molecule has 0 aromatic carbocycles. The van der Waals surface area contributed by atoms with Crippen molar-refractivity contribution < 1.29 is 84.5 Å². The Bertz CT molecular complexity index is 38.4. The van der Waals surface area contributed by atoms with Crippen LogP contribution in [0.3, 0.4) is 0 Å². The quantitative estimate of drug-likeness (QED) is 0.170. The molecule has 0 aliphatic carbocycles. The fourth-order valence-corrected chi connectivity index (χ4v) is 0. The van der Waals surface area contributed by atoms with Crippen LogP contribution in [0.2, 0.25) is 0 Å². The molecule has 0 aromatic heterocycles. The van der Waals surface area contributed by atoms with Crippen molar-refractivity contribution in [3.05, 3.63) is 7.43 Å². The molecule has 11 heteroatoms. The molecule has 0 fully saturated rings. The molecule has 0 spiro atoms. The number of rotatable bonds is 0. The van der Waals surface area contributed by atoms with E-state index in [1.165, 1.54) is 0 Å². The first-order chi connectivity index (χ1) is 1.00. The van der Waals surface area contributed by atoms with E-state index in [0.717, 1.165) is 0 Å². The third-order valence-corrected chi connectivity index (χ3v) is 0. The van der Waals surface area contributed by atoms with Crippen molar-refractivity contribution in [3.63, 3.8) is 0 Å². The largest absolute Gasteiger partial charge is 0.358 e. The third kappa shape index (κ3) is 23000. The summed E-state index contributed by atoms with van der Waals surface area (Å²) in [5.74, 6) is 0. The van der Waals surface area contributed by atoms with E-state index < -0.39 is 0 Å². The van der Waals surface area contributed by atoms with Crippen LogP contribution in [0, 0.1) is 7.43 Å². The van der Waals surface area contributed by atoms with E-state index in [1.807, 2.05) is 0 Å². The van der Waals surface area contributed by atoms with Crippen LogP contribution in [0.25, 0.3) is 0 Å². The fourth-order valence-electron chi connectivity index (χ4n) is 0. The Hall–Kier alpha value is 0.747. The smallest absolute Gasteiger partial charge is 0.269 e. The molecule has 0 saturated carbocycles. The van der Waals surface area contributed by atoms with E-state index in [9.17, 15) is 0 Å². The minimum atomic E-state index is 0. The second kappa shape index (κ2) is 25000. The van der Waals surface area contributed by atoms with E-state index in [2.05, 4.69) is 1.45 Å². The van der Waals surface area contributed by atoms with Gasteiger partial charge >= 0.3 is 0 Å². The first kappa shape index (κ1) is 5170. The normalized spacial score (nSPS) is 0.280. The topological polar surface area (TPSA) is 0 Å². The van der Waals surface area contributed by atoms with Gasteiger partial charge < -0.3 is 7.43 Å². The molecule has 0 saturated heterocycles. The zero-order valence-electron chi connectivity index (χ0n) is 6.46. The van der Waals surface area contributed by atoms with Crippen molar-refractivity contribution >= 4 is 0 Å². The number of halogens is 9. The Morgan fingerprint density at radius 2 is 0.240 bits per heavy atom. The monoisotopic (exact) mass is 772 g/mol. The Balaban J connectivity index is -0.0000000000181. The first-order valence-electron chi connectivity index (χ1n) is 0.378. The van der Waals surface area contributed by atoms with Crippen LogP contribution in [-0.2, 0) is 42.1 Å². The van der Waals surface area contributed by atoms with Gasteiger partial charge in [0.2, 0.25) is 0 Å². The molecule has 196 valence electrons. The Kier molecular flexibility index (Phi) is 5180000. The summed E-state index contributed by atoms with van der Waals surface area (Å²) in [5.41, 5.74) is 0. The van der Waals surface area contributed by atoms with Crippen molar-refractivity contribution in [1.29, 1.82) is 1.45 Å². The summed E-state index contributed by atoms with van der Waals surface area (Å²) in [6, 6.07) is 0. The molecule has 0 radical (unpaired) electrons. The zero-order valence-corrected chi connectivity index (χ0v) is 11.3. The number of hydrogen-bond acceptors (Lipinski definition) is 0. The average Bonchev–Trinajstić information content (AvgIpc) is 1.00. The Morgan fingerprint density at radius 1 is 0.240 bits per heavy atom. The van der Waals surface area contributed by atoms with Gasteiger partial charge in [-0.05, 0) is 0 Å². The standard InChI is InChI=1S/13CH4.CH3.9FH.2W/h13*1H4;1H3;9*1H;;/q;;;;;;;;;;;;;-1;;;;;;;;;;;/i/hD. The van der Waals surface area contributed by atoms with Crippen molar-refractivity contribution in [2.24, 2.45) is 0 Å². The molecule has 0 atom stereocenters. The molecular formula is C14H64F9W2-. The maximum atomic E-state index is 8.75. The van der Waals surface area contributed by atoms with Crippen LogP contribution < -0.4 is 0 Å². The van der Waals surface area contributed by atoms with Crippen LogP contribution in [0.1, 0.15) is 96.5 Å². The van der Waals surface area contributed by atoms with Gasteiger partial charge in [-0.15, -0.1) is 0 Å². The second-order valence-electron chi connectivity index (χ2n) is 0. The van der Waals surface area contributed by atoms with Gasteiger partial charge in [0.25, 0.3) is 1.45 Å². The van der Waals surface area contributed by atoms with Gasteiger partial charge in [-0.1, -0.05) is 96.5 Å². The van der Waals surface area contributed by atoms with E-state index in [-0.39, 0.29) is 184 Å². The van der Waals surface area contributed by atoms with Crippen molar-refractivity contribution in [2.45, 2.75) is 96.5 Å². The molecule has 0 unspecified atom stereocenters. The summed E-state index contributed by atoms with van der Waals surface area (Å²) in [5, 5.41) is 0. The summed E-state index contributed by atoms with van der Waals surface area (Å²) in [6.07, 6.45) is 0. The van der Waals surface area contributed by atoms with Gasteiger partial charge in [-0.25, -0.2) is 0 Å². The molecule has 0 rings (SSSR count). The van der Waals surface area contributed by atoms with Gasteiger partial charge in [0.05, 0.1) is 0 Å².